The average Bonchev–Trinajstić information content (AvgIpc) is 3.27. The van der Waals surface area contributed by atoms with Gasteiger partial charge in [0, 0.05) is 28.5 Å². The van der Waals surface area contributed by atoms with Crippen LogP contribution < -0.4 is 4.57 Å². The zero-order valence-electron chi connectivity index (χ0n) is 20.5. The van der Waals surface area contributed by atoms with Crippen LogP contribution in [0.1, 0.15) is 16.7 Å². The van der Waals surface area contributed by atoms with Gasteiger partial charge in [-0.1, -0.05) is 66.7 Å². The molecule has 0 aliphatic rings. The summed E-state index contributed by atoms with van der Waals surface area (Å²) in [5, 5.41) is 12.0. The second-order valence-electron chi connectivity index (χ2n) is 9.29. The molecule has 3 heteroatoms. The first-order valence-electron chi connectivity index (χ1n) is 12.1. The Morgan fingerprint density at radius 2 is 1.36 bits per heavy atom. The fourth-order valence-electron chi connectivity index (χ4n) is 5.19. The van der Waals surface area contributed by atoms with Crippen molar-refractivity contribution in [2.75, 3.05) is 0 Å². The van der Waals surface area contributed by atoms with Crippen molar-refractivity contribution < 1.29 is 8.98 Å². The van der Waals surface area contributed by atoms with E-state index in [1.165, 1.54) is 5.56 Å². The highest BCUT2D eigenvalue weighted by atomic mass is 16.3. The number of hydrogen-bond acceptors (Lipinski definition) is 2. The van der Waals surface area contributed by atoms with Crippen molar-refractivity contribution in [1.29, 1.82) is 5.26 Å². The van der Waals surface area contributed by atoms with Crippen LogP contribution in [0, 0.1) is 25.2 Å². The van der Waals surface area contributed by atoms with E-state index in [2.05, 4.69) is 72.2 Å². The molecule has 0 atom stereocenters. The number of rotatable bonds is 3. The Morgan fingerprint density at radius 1 is 0.694 bits per heavy atom. The molecule has 0 saturated heterocycles. The monoisotopic (exact) mass is 465 g/mol. The molecule has 3 nitrogen and oxygen atoms in total. The Labute approximate surface area is 210 Å². The van der Waals surface area contributed by atoms with E-state index in [-0.39, 0.29) is 0 Å². The summed E-state index contributed by atoms with van der Waals surface area (Å²) in [6.45, 7) is 4.12. The average molecular weight is 466 g/mol. The molecule has 36 heavy (non-hydrogen) atoms. The summed E-state index contributed by atoms with van der Waals surface area (Å²) >= 11 is 0. The molecule has 0 N–H and O–H groups in total. The third-order valence-electron chi connectivity index (χ3n) is 7.11. The zero-order valence-corrected chi connectivity index (χ0v) is 20.5. The highest BCUT2D eigenvalue weighted by molar-refractivity contribution is 6.14. The highest BCUT2D eigenvalue weighted by Gasteiger charge is 2.23. The van der Waals surface area contributed by atoms with Crippen LogP contribution in [-0.2, 0) is 7.05 Å². The molecule has 0 saturated carbocycles. The molecule has 0 radical (unpaired) electrons. The molecule has 2 aromatic heterocycles. The maximum atomic E-state index is 9.98. The molecule has 0 aliphatic carbocycles. The molecule has 0 aliphatic heterocycles. The van der Waals surface area contributed by atoms with E-state index in [9.17, 15) is 5.26 Å². The van der Waals surface area contributed by atoms with Gasteiger partial charge in [-0.25, -0.2) is 4.57 Å². The third kappa shape index (κ3) is 3.39. The summed E-state index contributed by atoms with van der Waals surface area (Å²) in [5.41, 5.74) is 10.9. The molecule has 172 valence electrons. The van der Waals surface area contributed by atoms with Gasteiger partial charge in [-0.05, 0) is 53.8 Å². The molecule has 0 fully saturated rings. The predicted octanol–water partition coefficient (Wildman–Crippen LogP) is 7.90. The molecule has 0 spiro atoms. The Hall–Kier alpha value is -4.68. The lowest BCUT2D eigenvalue weighted by atomic mass is 9.92. The van der Waals surface area contributed by atoms with Crippen molar-refractivity contribution in [2.45, 2.75) is 13.8 Å². The minimum Gasteiger partial charge on any atom is -0.454 e. The van der Waals surface area contributed by atoms with Crippen molar-refractivity contribution in [1.82, 2.24) is 0 Å². The Kier molecular flexibility index (Phi) is 5.16. The number of hydrogen-bond donors (Lipinski definition) is 0. The van der Waals surface area contributed by atoms with Crippen molar-refractivity contribution in [3.05, 3.63) is 114 Å². The zero-order chi connectivity index (χ0) is 24.8. The molecule has 2 heterocycles. The number of nitrogens with zero attached hydrogens (tertiary/aromatic N) is 2. The molecule has 0 unspecified atom stereocenters. The van der Waals surface area contributed by atoms with Crippen LogP contribution in [0.5, 0.6) is 0 Å². The normalized spacial score (nSPS) is 11.2. The van der Waals surface area contributed by atoms with Crippen molar-refractivity contribution >= 4 is 21.9 Å². The van der Waals surface area contributed by atoms with E-state index in [0.29, 0.717) is 5.56 Å². The van der Waals surface area contributed by atoms with Crippen LogP contribution >= 0.6 is 0 Å². The van der Waals surface area contributed by atoms with Gasteiger partial charge in [-0.3, -0.25) is 0 Å². The predicted molar refractivity (Wildman–Crippen MR) is 145 cm³/mol. The largest absolute Gasteiger partial charge is 0.454 e. The minimum atomic E-state index is 0.666. The van der Waals surface area contributed by atoms with Crippen LogP contribution in [-0.4, -0.2) is 0 Å². The highest BCUT2D eigenvalue weighted by Crippen LogP contribution is 2.43. The van der Waals surface area contributed by atoms with Crippen molar-refractivity contribution in [3.8, 4) is 39.6 Å². The van der Waals surface area contributed by atoms with Gasteiger partial charge < -0.3 is 4.42 Å². The van der Waals surface area contributed by atoms with E-state index in [4.69, 9.17) is 4.42 Å². The van der Waals surface area contributed by atoms with Gasteiger partial charge in [0.15, 0.2) is 6.20 Å². The van der Waals surface area contributed by atoms with Crippen LogP contribution in [0.15, 0.2) is 102 Å². The van der Waals surface area contributed by atoms with Crippen LogP contribution in [0.2, 0.25) is 0 Å². The van der Waals surface area contributed by atoms with Gasteiger partial charge in [-0.2, -0.15) is 5.26 Å². The summed E-state index contributed by atoms with van der Waals surface area (Å²) in [6.07, 6.45) is 2.05. The quantitative estimate of drug-likeness (QED) is 0.249. The standard InChI is InChI=1S/C33H25N2O/c1-21-12-17-27-28-19-26(20-34)22(2)31(25-15-13-24(14-16-25)23-9-5-4-6-10-23)33(28)36-32(27)30(21)29-11-7-8-18-35(29)3/h4-19H,1-3H3/q+1. The topological polar surface area (TPSA) is 40.8 Å². The lowest BCUT2D eigenvalue weighted by molar-refractivity contribution is -0.660. The van der Waals surface area contributed by atoms with Gasteiger partial charge in [-0.15, -0.1) is 0 Å². The summed E-state index contributed by atoms with van der Waals surface area (Å²) in [5.74, 6) is 0. The number of fused-ring (bicyclic) bond motifs is 3. The van der Waals surface area contributed by atoms with E-state index in [0.717, 1.165) is 61.0 Å². The number of benzene rings is 4. The number of pyridine rings is 1. The van der Waals surface area contributed by atoms with Gasteiger partial charge >= 0.3 is 0 Å². The van der Waals surface area contributed by atoms with E-state index in [1.807, 2.05) is 56.6 Å². The maximum Gasteiger partial charge on any atom is 0.216 e. The first-order chi connectivity index (χ1) is 17.6. The van der Waals surface area contributed by atoms with Crippen LogP contribution in [0.3, 0.4) is 0 Å². The number of furan rings is 1. The second kappa shape index (κ2) is 8.52. The van der Waals surface area contributed by atoms with Gasteiger partial charge in [0.25, 0.3) is 0 Å². The van der Waals surface area contributed by atoms with Crippen LogP contribution in [0.4, 0.5) is 0 Å². The van der Waals surface area contributed by atoms with Crippen molar-refractivity contribution in [3.63, 3.8) is 0 Å². The lowest BCUT2D eigenvalue weighted by Gasteiger charge is -2.10. The molecule has 0 bridgehead atoms. The fraction of sp³-hybridized carbons (Fsp3) is 0.0909. The molecule has 6 rings (SSSR count). The molecule has 4 aromatic carbocycles. The molecular formula is C33H25N2O+. The summed E-state index contributed by atoms with van der Waals surface area (Å²) in [4.78, 5) is 0. The van der Waals surface area contributed by atoms with Gasteiger partial charge in [0.2, 0.25) is 5.69 Å². The summed E-state index contributed by atoms with van der Waals surface area (Å²) < 4.78 is 8.85. The fourth-order valence-corrected chi connectivity index (χ4v) is 5.19. The Bertz CT molecular complexity index is 1800. The van der Waals surface area contributed by atoms with E-state index < -0.39 is 0 Å². The number of nitriles is 1. The second-order valence-corrected chi connectivity index (χ2v) is 9.29. The SMILES string of the molecule is Cc1ccc2c(oc3c(-c4ccc(-c5ccccc5)cc4)c(C)c(C#N)cc32)c1-c1cccc[n+]1C. The Morgan fingerprint density at radius 3 is 2.08 bits per heavy atom. The van der Waals surface area contributed by atoms with Gasteiger partial charge in [0.1, 0.15) is 18.2 Å². The van der Waals surface area contributed by atoms with E-state index >= 15 is 0 Å². The first-order valence-corrected chi connectivity index (χ1v) is 12.1. The molecule has 6 aromatic rings. The number of aromatic nitrogens is 1. The lowest BCUT2D eigenvalue weighted by Crippen LogP contribution is -2.30. The third-order valence-corrected chi connectivity index (χ3v) is 7.11. The smallest absolute Gasteiger partial charge is 0.216 e. The minimum absolute atomic E-state index is 0.666. The Balaban J connectivity index is 1.64. The maximum absolute atomic E-state index is 9.98. The summed E-state index contributed by atoms with van der Waals surface area (Å²) in [7, 11) is 2.05. The first kappa shape index (κ1) is 21.8. The number of aryl methyl sites for hydroxylation is 2. The summed E-state index contributed by atoms with van der Waals surface area (Å²) in [6, 6.07) is 33.7. The van der Waals surface area contributed by atoms with Crippen LogP contribution in [0.25, 0.3) is 55.4 Å². The molecular weight excluding hydrogens is 440 g/mol. The van der Waals surface area contributed by atoms with Gasteiger partial charge in [0.05, 0.1) is 17.2 Å². The van der Waals surface area contributed by atoms with Crippen molar-refractivity contribution in [2.24, 2.45) is 7.05 Å². The van der Waals surface area contributed by atoms with E-state index in [1.54, 1.807) is 0 Å². The molecule has 0 amide bonds.